The minimum absolute atomic E-state index is 0.167. The van der Waals surface area contributed by atoms with Gasteiger partial charge in [-0.25, -0.2) is 4.79 Å². The smallest absolute Gasteiger partial charge is 0.317 e. The van der Waals surface area contributed by atoms with Crippen molar-refractivity contribution in [1.29, 1.82) is 0 Å². The molecule has 2 unspecified atom stereocenters. The third-order valence-corrected chi connectivity index (χ3v) is 3.05. The molecule has 16 heavy (non-hydrogen) atoms. The first-order chi connectivity index (χ1) is 7.56. The molecule has 0 aliphatic heterocycles. The van der Waals surface area contributed by atoms with E-state index in [1.807, 2.05) is 6.92 Å². The van der Waals surface area contributed by atoms with Crippen molar-refractivity contribution in [3.8, 4) is 0 Å². The number of rotatable bonds is 4. The van der Waals surface area contributed by atoms with Crippen LogP contribution in [-0.4, -0.2) is 41.6 Å². The average molecular weight is 228 g/mol. The molecule has 0 radical (unpaired) electrons. The van der Waals surface area contributed by atoms with Crippen molar-refractivity contribution in [1.82, 2.24) is 10.2 Å². The van der Waals surface area contributed by atoms with Gasteiger partial charge in [0.2, 0.25) is 0 Å². The zero-order valence-electron chi connectivity index (χ0n) is 9.90. The standard InChI is InChI=1S/C11H20N2O3/c1-3-7-13(2)11(16)12-9-6-4-5-8(9)10(14)15/h8-9H,3-7H2,1-2H3,(H,12,16)(H,14,15). The molecule has 0 aromatic carbocycles. The Morgan fingerprint density at radius 2 is 2.12 bits per heavy atom. The van der Waals surface area contributed by atoms with Crippen molar-refractivity contribution < 1.29 is 14.7 Å². The van der Waals surface area contributed by atoms with Crippen LogP contribution in [0.25, 0.3) is 0 Å². The molecule has 1 rings (SSSR count). The van der Waals surface area contributed by atoms with E-state index in [1.165, 1.54) is 0 Å². The van der Waals surface area contributed by atoms with Crippen molar-refractivity contribution in [2.45, 2.75) is 38.6 Å². The number of urea groups is 1. The molecule has 2 N–H and O–H groups in total. The Labute approximate surface area is 95.8 Å². The van der Waals surface area contributed by atoms with Crippen LogP contribution in [0.15, 0.2) is 0 Å². The van der Waals surface area contributed by atoms with Crippen LogP contribution in [0.1, 0.15) is 32.6 Å². The van der Waals surface area contributed by atoms with Gasteiger partial charge in [-0.3, -0.25) is 4.79 Å². The second-order valence-corrected chi connectivity index (χ2v) is 4.35. The van der Waals surface area contributed by atoms with E-state index in [9.17, 15) is 9.59 Å². The first-order valence-electron chi connectivity index (χ1n) is 5.80. The summed E-state index contributed by atoms with van der Waals surface area (Å²) in [5.74, 6) is -1.22. The summed E-state index contributed by atoms with van der Waals surface area (Å²) in [4.78, 5) is 24.2. The molecule has 0 aromatic heterocycles. The van der Waals surface area contributed by atoms with Gasteiger partial charge in [0.25, 0.3) is 0 Å². The molecule has 1 fully saturated rings. The monoisotopic (exact) mass is 228 g/mol. The van der Waals surface area contributed by atoms with E-state index in [1.54, 1.807) is 11.9 Å². The van der Waals surface area contributed by atoms with Gasteiger partial charge < -0.3 is 15.3 Å². The van der Waals surface area contributed by atoms with Crippen molar-refractivity contribution in [2.24, 2.45) is 5.92 Å². The first kappa shape index (κ1) is 12.8. The van der Waals surface area contributed by atoms with Gasteiger partial charge in [-0.05, 0) is 19.3 Å². The highest BCUT2D eigenvalue weighted by atomic mass is 16.4. The van der Waals surface area contributed by atoms with Gasteiger partial charge in [0.15, 0.2) is 0 Å². The average Bonchev–Trinajstić information content (AvgIpc) is 2.66. The molecule has 2 atom stereocenters. The molecule has 1 aliphatic rings. The summed E-state index contributed by atoms with van der Waals surface area (Å²) < 4.78 is 0. The highest BCUT2D eigenvalue weighted by molar-refractivity contribution is 5.77. The van der Waals surface area contributed by atoms with E-state index in [2.05, 4.69) is 5.32 Å². The van der Waals surface area contributed by atoms with Crippen molar-refractivity contribution in [3.63, 3.8) is 0 Å². The highest BCUT2D eigenvalue weighted by Gasteiger charge is 2.34. The second-order valence-electron chi connectivity index (χ2n) is 4.35. The fourth-order valence-corrected chi connectivity index (χ4v) is 2.13. The molecule has 1 aliphatic carbocycles. The highest BCUT2D eigenvalue weighted by Crippen LogP contribution is 2.25. The molecule has 5 nitrogen and oxygen atoms in total. The van der Waals surface area contributed by atoms with Crippen molar-refractivity contribution >= 4 is 12.0 Å². The first-order valence-corrected chi connectivity index (χ1v) is 5.80. The summed E-state index contributed by atoms with van der Waals surface area (Å²) >= 11 is 0. The maximum Gasteiger partial charge on any atom is 0.317 e. The van der Waals surface area contributed by atoms with Gasteiger partial charge in [-0.15, -0.1) is 0 Å². The van der Waals surface area contributed by atoms with Crippen LogP contribution in [0.3, 0.4) is 0 Å². The summed E-state index contributed by atoms with van der Waals surface area (Å²) in [5.41, 5.74) is 0. The third-order valence-electron chi connectivity index (χ3n) is 3.05. The van der Waals surface area contributed by atoms with Gasteiger partial charge >= 0.3 is 12.0 Å². The van der Waals surface area contributed by atoms with Crippen molar-refractivity contribution in [2.75, 3.05) is 13.6 Å². The lowest BCUT2D eigenvalue weighted by Crippen LogP contribution is -2.46. The van der Waals surface area contributed by atoms with E-state index >= 15 is 0 Å². The molecule has 1 saturated carbocycles. The van der Waals surface area contributed by atoms with E-state index in [4.69, 9.17) is 5.11 Å². The summed E-state index contributed by atoms with van der Waals surface area (Å²) in [5, 5.41) is 11.8. The Balaban J connectivity index is 2.47. The van der Waals surface area contributed by atoms with Gasteiger partial charge in [-0.1, -0.05) is 13.3 Å². The lowest BCUT2D eigenvalue weighted by Gasteiger charge is -2.22. The molecule has 0 saturated heterocycles. The number of aliphatic carboxylic acids is 1. The fourth-order valence-electron chi connectivity index (χ4n) is 2.13. The molecule has 2 amide bonds. The number of carbonyl (C=O) groups is 2. The SMILES string of the molecule is CCCN(C)C(=O)NC1CCCC1C(=O)O. The van der Waals surface area contributed by atoms with Crippen LogP contribution in [0, 0.1) is 5.92 Å². The number of hydrogen-bond acceptors (Lipinski definition) is 2. The Bertz CT molecular complexity index is 268. The summed E-state index contributed by atoms with van der Waals surface area (Å²) in [6.45, 7) is 2.69. The second kappa shape index (κ2) is 5.72. The molecule has 0 spiro atoms. The molecular formula is C11H20N2O3. The molecule has 0 aromatic rings. The van der Waals surface area contributed by atoms with E-state index in [-0.39, 0.29) is 12.1 Å². The van der Waals surface area contributed by atoms with Crippen LogP contribution >= 0.6 is 0 Å². The Morgan fingerprint density at radius 1 is 1.44 bits per heavy atom. The predicted octanol–water partition coefficient (Wildman–Crippen LogP) is 1.29. The Morgan fingerprint density at radius 3 is 2.69 bits per heavy atom. The quantitative estimate of drug-likeness (QED) is 0.761. The fraction of sp³-hybridized carbons (Fsp3) is 0.818. The lowest BCUT2D eigenvalue weighted by atomic mass is 10.0. The number of nitrogens with one attached hydrogen (secondary N) is 1. The van der Waals surface area contributed by atoms with Crippen LogP contribution in [0.5, 0.6) is 0 Å². The Hall–Kier alpha value is -1.26. The van der Waals surface area contributed by atoms with Gasteiger partial charge in [-0.2, -0.15) is 0 Å². The van der Waals surface area contributed by atoms with Crippen LogP contribution in [0.2, 0.25) is 0 Å². The largest absolute Gasteiger partial charge is 0.481 e. The molecule has 0 bridgehead atoms. The topological polar surface area (TPSA) is 69.6 Å². The molecular weight excluding hydrogens is 208 g/mol. The number of nitrogens with zero attached hydrogens (tertiary/aromatic N) is 1. The Kier molecular flexibility index (Phi) is 4.58. The lowest BCUT2D eigenvalue weighted by molar-refractivity contribution is -0.142. The minimum atomic E-state index is -0.805. The van der Waals surface area contributed by atoms with Gasteiger partial charge in [0, 0.05) is 19.6 Å². The van der Waals surface area contributed by atoms with Crippen LogP contribution in [-0.2, 0) is 4.79 Å². The van der Waals surface area contributed by atoms with Crippen molar-refractivity contribution in [3.05, 3.63) is 0 Å². The number of carboxylic acids is 1. The van der Waals surface area contributed by atoms with E-state index < -0.39 is 11.9 Å². The minimum Gasteiger partial charge on any atom is -0.481 e. The number of hydrogen-bond donors (Lipinski definition) is 2. The summed E-state index contributed by atoms with van der Waals surface area (Å²) in [6.07, 6.45) is 3.21. The third kappa shape index (κ3) is 3.12. The summed E-state index contributed by atoms with van der Waals surface area (Å²) in [7, 11) is 1.73. The maximum atomic E-state index is 11.7. The maximum absolute atomic E-state index is 11.7. The van der Waals surface area contributed by atoms with Gasteiger partial charge in [0.05, 0.1) is 5.92 Å². The molecule has 92 valence electrons. The number of carbonyl (C=O) groups excluding carboxylic acids is 1. The zero-order chi connectivity index (χ0) is 12.1. The molecule has 0 heterocycles. The molecule has 5 heteroatoms. The zero-order valence-corrected chi connectivity index (χ0v) is 9.90. The number of amides is 2. The van der Waals surface area contributed by atoms with Crippen LogP contribution < -0.4 is 5.32 Å². The van der Waals surface area contributed by atoms with Gasteiger partial charge in [0.1, 0.15) is 0 Å². The number of carboxylic acid groups (broad SMARTS) is 1. The summed E-state index contributed by atoms with van der Waals surface area (Å²) in [6, 6.07) is -0.371. The normalized spacial score (nSPS) is 24.1. The van der Waals surface area contributed by atoms with E-state index in [0.29, 0.717) is 13.0 Å². The predicted molar refractivity (Wildman–Crippen MR) is 60.2 cm³/mol. The van der Waals surface area contributed by atoms with E-state index in [0.717, 1.165) is 19.3 Å². The van der Waals surface area contributed by atoms with Crippen LogP contribution in [0.4, 0.5) is 4.79 Å².